The Morgan fingerprint density at radius 3 is 2.90 bits per heavy atom. The molecule has 0 saturated carbocycles. The predicted octanol–water partition coefficient (Wildman–Crippen LogP) is 2.37. The van der Waals surface area contributed by atoms with E-state index in [2.05, 4.69) is 0 Å². The maximum Gasteiger partial charge on any atom is 0.190 e. The van der Waals surface area contributed by atoms with Gasteiger partial charge in [-0.15, -0.1) is 0 Å². The van der Waals surface area contributed by atoms with Crippen LogP contribution < -0.4 is 0 Å². The second kappa shape index (κ2) is 3.49. The molecular weight excluding hydrogens is 131 g/mol. The van der Waals surface area contributed by atoms with Gasteiger partial charge in [0, 0.05) is 6.42 Å². The van der Waals surface area contributed by atoms with Crippen LogP contribution in [0, 0.1) is 0 Å². The van der Waals surface area contributed by atoms with E-state index in [9.17, 15) is 9.18 Å². The van der Waals surface area contributed by atoms with E-state index >= 15 is 0 Å². The van der Waals surface area contributed by atoms with Crippen LogP contribution in [0.5, 0.6) is 0 Å². The zero-order chi connectivity index (χ0) is 7.40. The standard InChI is InChI=1S/C8H11FO/c9-7-5-3-1-2-4-6-8(7)10/h5H,1-4,6H2. The van der Waals surface area contributed by atoms with Crippen molar-refractivity contribution in [2.45, 2.75) is 32.1 Å². The lowest BCUT2D eigenvalue weighted by atomic mass is 10.0. The Bertz CT molecular complexity index is 161. The third-order valence-corrected chi connectivity index (χ3v) is 1.70. The molecule has 0 amide bonds. The van der Waals surface area contributed by atoms with Crippen LogP contribution in [0.25, 0.3) is 0 Å². The highest BCUT2D eigenvalue weighted by Crippen LogP contribution is 2.14. The van der Waals surface area contributed by atoms with Crippen molar-refractivity contribution in [1.29, 1.82) is 0 Å². The van der Waals surface area contributed by atoms with Crippen molar-refractivity contribution in [2.24, 2.45) is 0 Å². The molecule has 0 aromatic carbocycles. The van der Waals surface area contributed by atoms with Crippen LogP contribution >= 0.6 is 0 Å². The monoisotopic (exact) mass is 142 g/mol. The van der Waals surface area contributed by atoms with E-state index in [-0.39, 0.29) is 5.78 Å². The van der Waals surface area contributed by atoms with Crippen molar-refractivity contribution in [3.8, 4) is 0 Å². The van der Waals surface area contributed by atoms with Gasteiger partial charge in [0.1, 0.15) is 0 Å². The summed E-state index contributed by atoms with van der Waals surface area (Å²) in [7, 11) is 0. The molecule has 0 spiro atoms. The van der Waals surface area contributed by atoms with E-state index in [1.807, 2.05) is 0 Å². The van der Waals surface area contributed by atoms with Gasteiger partial charge in [-0.3, -0.25) is 4.79 Å². The number of halogens is 1. The van der Waals surface area contributed by atoms with Gasteiger partial charge < -0.3 is 0 Å². The average molecular weight is 142 g/mol. The molecule has 1 nitrogen and oxygen atoms in total. The van der Waals surface area contributed by atoms with Gasteiger partial charge in [-0.1, -0.05) is 6.42 Å². The van der Waals surface area contributed by atoms with Crippen LogP contribution in [-0.4, -0.2) is 5.78 Å². The van der Waals surface area contributed by atoms with Gasteiger partial charge in [0.15, 0.2) is 11.6 Å². The van der Waals surface area contributed by atoms with E-state index < -0.39 is 5.83 Å². The number of Topliss-reactive ketones (excluding diaryl/α,β-unsaturated/α-hetero) is 1. The number of ketones is 1. The number of hydrogen-bond acceptors (Lipinski definition) is 1. The summed E-state index contributed by atoms with van der Waals surface area (Å²) in [5, 5.41) is 0. The minimum atomic E-state index is -0.528. The lowest BCUT2D eigenvalue weighted by Crippen LogP contribution is -2.00. The fraction of sp³-hybridized carbons (Fsp3) is 0.625. The molecule has 0 N–H and O–H groups in total. The smallest absolute Gasteiger partial charge is 0.190 e. The topological polar surface area (TPSA) is 17.1 Å². The fourth-order valence-corrected chi connectivity index (χ4v) is 1.07. The quantitative estimate of drug-likeness (QED) is 0.507. The molecular formula is C8H11FO. The van der Waals surface area contributed by atoms with Crippen LogP contribution in [0.4, 0.5) is 4.39 Å². The lowest BCUT2D eigenvalue weighted by Gasteiger charge is -2.02. The van der Waals surface area contributed by atoms with E-state index in [1.165, 1.54) is 6.08 Å². The molecule has 1 aliphatic carbocycles. The number of allylic oxidation sites excluding steroid dienone is 2. The van der Waals surface area contributed by atoms with Crippen molar-refractivity contribution in [3.05, 3.63) is 11.9 Å². The Morgan fingerprint density at radius 1 is 1.30 bits per heavy atom. The molecule has 1 aliphatic rings. The first-order valence-corrected chi connectivity index (χ1v) is 3.69. The van der Waals surface area contributed by atoms with Gasteiger partial charge in [0.2, 0.25) is 0 Å². The Kier molecular flexibility index (Phi) is 2.60. The Hall–Kier alpha value is -0.660. The van der Waals surface area contributed by atoms with Crippen LogP contribution in [0.2, 0.25) is 0 Å². The normalized spacial score (nSPS) is 21.3. The second-order valence-electron chi connectivity index (χ2n) is 2.57. The molecule has 0 bridgehead atoms. The van der Waals surface area contributed by atoms with Gasteiger partial charge in [0.25, 0.3) is 0 Å². The van der Waals surface area contributed by atoms with E-state index in [1.54, 1.807) is 0 Å². The van der Waals surface area contributed by atoms with E-state index in [4.69, 9.17) is 0 Å². The third kappa shape index (κ3) is 1.94. The molecule has 56 valence electrons. The largest absolute Gasteiger partial charge is 0.292 e. The predicted molar refractivity (Wildman–Crippen MR) is 37.3 cm³/mol. The summed E-state index contributed by atoms with van der Waals surface area (Å²) < 4.78 is 12.5. The molecule has 0 unspecified atom stereocenters. The van der Waals surface area contributed by atoms with Crippen LogP contribution in [-0.2, 0) is 4.79 Å². The van der Waals surface area contributed by atoms with Crippen molar-refractivity contribution in [2.75, 3.05) is 0 Å². The first kappa shape index (κ1) is 7.45. The number of rotatable bonds is 0. The summed E-state index contributed by atoms with van der Waals surface area (Å²) in [5.74, 6) is -0.848. The van der Waals surface area contributed by atoms with Gasteiger partial charge in [-0.25, -0.2) is 4.39 Å². The van der Waals surface area contributed by atoms with Gasteiger partial charge in [-0.05, 0) is 25.3 Å². The zero-order valence-corrected chi connectivity index (χ0v) is 5.90. The summed E-state index contributed by atoms with van der Waals surface area (Å²) in [6.07, 6.45) is 5.43. The fourth-order valence-electron chi connectivity index (χ4n) is 1.07. The van der Waals surface area contributed by atoms with Crippen LogP contribution in [0.1, 0.15) is 32.1 Å². The Morgan fingerprint density at radius 2 is 2.10 bits per heavy atom. The molecule has 0 aromatic rings. The maximum atomic E-state index is 12.5. The van der Waals surface area contributed by atoms with Gasteiger partial charge in [-0.2, -0.15) is 0 Å². The molecule has 10 heavy (non-hydrogen) atoms. The molecule has 2 heteroatoms. The van der Waals surface area contributed by atoms with Gasteiger partial charge in [0.05, 0.1) is 0 Å². The summed E-state index contributed by atoms with van der Waals surface area (Å²) in [5.41, 5.74) is 0. The minimum Gasteiger partial charge on any atom is -0.292 e. The van der Waals surface area contributed by atoms with E-state index in [0.29, 0.717) is 6.42 Å². The third-order valence-electron chi connectivity index (χ3n) is 1.70. The summed E-state index contributed by atoms with van der Waals surface area (Å²) >= 11 is 0. The van der Waals surface area contributed by atoms with Crippen molar-refractivity contribution < 1.29 is 9.18 Å². The summed E-state index contributed by atoms with van der Waals surface area (Å²) in [6.45, 7) is 0. The first-order chi connectivity index (χ1) is 4.80. The molecule has 1 rings (SSSR count). The zero-order valence-electron chi connectivity index (χ0n) is 5.90. The number of carbonyl (C=O) groups is 1. The summed E-state index contributed by atoms with van der Waals surface area (Å²) in [4.78, 5) is 10.7. The van der Waals surface area contributed by atoms with Gasteiger partial charge >= 0.3 is 0 Å². The maximum absolute atomic E-state index is 12.5. The number of hydrogen-bond donors (Lipinski definition) is 0. The molecule has 0 aliphatic heterocycles. The second-order valence-corrected chi connectivity index (χ2v) is 2.57. The highest BCUT2D eigenvalue weighted by atomic mass is 19.1. The average Bonchev–Trinajstić information content (AvgIpc) is 1.92. The lowest BCUT2D eigenvalue weighted by molar-refractivity contribution is -0.117. The summed E-state index contributed by atoms with van der Waals surface area (Å²) in [6, 6.07) is 0. The highest BCUT2D eigenvalue weighted by molar-refractivity contribution is 5.93. The van der Waals surface area contributed by atoms with Crippen molar-refractivity contribution in [3.63, 3.8) is 0 Å². The van der Waals surface area contributed by atoms with Crippen LogP contribution in [0.15, 0.2) is 11.9 Å². The molecule has 0 atom stereocenters. The molecule has 0 heterocycles. The first-order valence-electron chi connectivity index (χ1n) is 3.69. The highest BCUT2D eigenvalue weighted by Gasteiger charge is 2.09. The van der Waals surface area contributed by atoms with Crippen molar-refractivity contribution >= 4 is 5.78 Å². The SMILES string of the molecule is O=C1CCCCCC=C1F. The Labute approximate surface area is 59.9 Å². The Balaban J connectivity index is 2.56. The minimum absolute atomic E-state index is 0.320. The van der Waals surface area contributed by atoms with Crippen LogP contribution in [0.3, 0.4) is 0 Å². The molecule has 0 radical (unpaired) electrons. The molecule has 0 aromatic heterocycles. The number of carbonyl (C=O) groups excluding carboxylic acids is 1. The molecule has 0 saturated heterocycles. The van der Waals surface area contributed by atoms with E-state index in [0.717, 1.165) is 25.7 Å². The molecule has 0 fully saturated rings. The van der Waals surface area contributed by atoms with Crippen molar-refractivity contribution in [1.82, 2.24) is 0 Å².